The molecule has 1 aliphatic carbocycles. The lowest BCUT2D eigenvalue weighted by atomic mass is 9.77. The van der Waals surface area contributed by atoms with E-state index >= 15 is 8.78 Å². The highest BCUT2D eigenvalue weighted by Crippen LogP contribution is 2.39. The molecule has 5 N–H and O–H groups in total. The first-order valence-corrected chi connectivity index (χ1v) is 32.0. The van der Waals surface area contributed by atoms with Crippen molar-refractivity contribution in [3.63, 3.8) is 0 Å². The highest BCUT2D eigenvalue weighted by molar-refractivity contribution is 7.90. The van der Waals surface area contributed by atoms with Gasteiger partial charge in [0, 0.05) is 106 Å². The lowest BCUT2D eigenvalue weighted by Crippen LogP contribution is -2.56. The Morgan fingerprint density at radius 1 is 0.841 bits per heavy atom. The zero-order chi connectivity index (χ0) is 62.6. The van der Waals surface area contributed by atoms with E-state index in [0.717, 1.165) is 95.0 Å². The molecular formula is C63H73F3N10O10S2. The van der Waals surface area contributed by atoms with E-state index in [2.05, 4.69) is 40.3 Å². The van der Waals surface area contributed by atoms with Crippen LogP contribution in [0.4, 0.5) is 24.5 Å². The Hall–Kier alpha value is -7.58. The number of carbonyl (C=O) groups excluding carboxylic acids is 5. The molecule has 1 unspecified atom stereocenters. The summed E-state index contributed by atoms with van der Waals surface area (Å²) in [5.41, 5.74) is 4.95. The number of Topliss-reactive ketones (excluding diaryl/α,β-unsaturated/α-hetero) is 1. The molecule has 1 saturated carbocycles. The number of ether oxygens (including phenoxy) is 1. The maximum absolute atomic E-state index is 15.9. The number of hydrogen-bond acceptors (Lipinski definition) is 15. The van der Waals surface area contributed by atoms with Gasteiger partial charge in [0.15, 0.2) is 11.6 Å². The number of pyridine rings is 1. The van der Waals surface area contributed by atoms with Crippen LogP contribution in [-0.4, -0.2) is 162 Å². The third-order valence-electron chi connectivity index (χ3n) is 17.2. The molecule has 4 aliphatic rings. The fourth-order valence-electron chi connectivity index (χ4n) is 12.3. The molecule has 3 saturated heterocycles. The van der Waals surface area contributed by atoms with Gasteiger partial charge in [0.2, 0.25) is 17.6 Å². The van der Waals surface area contributed by atoms with E-state index < -0.39 is 99.4 Å². The van der Waals surface area contributed by atoms with Crippen LogP contribution >= 0.6 is 11.3 Å². The first kappa shape index (κ1) is 63.4. The molecule has 3 aliphatic heterocycles. The molecule has 0 bridgehead atoms. The van der Waals surface area contributed by atoms with E-state index in [1.807, 2.05) is 80.9 Å². The Labute approximate surface area is 512 Å². The minimum atomic E-state index is -4.38. The summed E-state index contributed by atoms with van der Waals surface area (Å²) in [5.74, 6) is -7.79. The number of piperazine rings is 1. The van der Waals surface area contributed by atoms with Crippen LogP contribution in [0.2, 0.25) is 0 Å². The number of benzene rings is 3. The Balaban J connectivity index is 0.696. The van der Waals surface area contributed by atoms with E-state index in [-0.39, 0.29) is 68.5 Å². The molecule has 2 amide bonds. The Morgan fingerprint density at radius 2 is 1.53 bits per heavy atom. The van der Waals surface area contributed by atoms with Crippen molar-refractivity contribution >= 4 is 79.3 Å². The number of H-pyrrole nitrogens is 1. The van der Waals surface area contributed by atoms with Gasteiger partial charge in [-0.2, -0.15) is 12.7 Å². The average molecular weight is 1250 g/mol. The van der Waals surface area contributed by atoms with Crippen molar-refractivity contribution in [3.05, 3.63) is 119 Å². The van der Waals surface area contributed by atoms with Crippen molar-refractivity contribution < 1.29 is 60.2 Å². The predicted octanol–water partition coefficient (Wildman–Crippen LogP) is 7.92. The Bertz CT molecular complexity index is 3680. The summed E-state index contributed by atoms with van der Waals surface area (Å²) in [4.78, 5) is 99.9. The predicted molar refractivity (Wildman–Crippen MR) is 326 cm³/mol. The van der Waals surface area contributed by atoms with Gasteiger partial charge in [-0.25, -0.2) is 23.1 Å². The van der Waals surface area contributed by atoms with Gasteiger partial charge in [-0.15, -0.1) is 11.3 Å². The molecule has 6 heterocycles. The number of aryl methyl sites for hydroxylation is 1. The number of amides is 2. The number of halogens is 3. The third kappa shape index (κ3) is 14.9. The fraction of sp³-hybridized carbons (Fsp3) is 0.460. The third-order valence-corrected chi connectivity index (χ3v) is 19.7. The number of carbonyl (C=O) groups is 6. The van der Waals surface area contributed by atoms with Crippen molar-refractivity contribution in [2.75, 3.05) is 75.1 Å². The van der Waals surface area contributed by atoms with Crippen LogP contribution in [0.5, 0.6) is 0 Å². The molecule has 6 aromatic rings. The SMILES string of the molecule is Cc1ncsc1-c1ccc(CNC(=O)[C@@H]2C[C@@H](OC(=O)CCC(=O)O)CC2C(=O)[C@@H](NC(=O)CN2CCN(CC3CCN(c4ccc(-c5cnc6[nH]cc(C(=O)c7c(F)ccc(NS(=O)(=O)N8CC[C@@H](F)C8)c7F)c6c5)cc4)CC3)CC2)C(C)(C)C)cc1. The van der Waals surface area contributed by atoms with Gasteiger partial charge in [-0.1, -0.05) is 57.2 Å². The molecule has 25 heteroatoms. The molecule has 4 fully saturated rings. The molecule has 5 atom stereocenters. The fourth-order valence-corrected chi connectivity index (χ4v) is 14.4. The maximum Gasteiger partial charge on any atom is 0.306 e. The van der Waals surface area contributed by atoms with Gasteiger partial charge >= 0.3 is 22.1 Å². The summed E-state index contributed by atoms with van der Waals surface area (Å²) < 4.78 is 79.2. The number of esters is 1. The van der Waals surface area contributed by atoms with Gasteiger partial charge in [0.1, 0.15) is 23.7 Å². The molecule has 3 aromatic heterocycles. The molecule has 3 aromatic carbocycles. The van der Waals surface area contributed by atoms with E-state index in [9.17, 15) is 41.6 Å². The molecule has 0 spiro atoms. The highest BCUT2D eigenvalue weighted by Gasteiger charge is 2.48. The summed E-state index contributed by atoms with van der Waals surface area (Å²) in [6.45, 7) is 12.7. The minimum absolute atomic E-state index is 0.0127. The molecule has 88 heavy (non-hydrogen) atoms. The monoisotopic (exact) mass is 1250 g/mol. The van der Waals surface area contributed by atoms with Crippen LogP contribution in [0, 0.1) is 41.7 Å². The number of fused-ring (bicyclic) bond motifs is 1. The number of carboxylic acid groups (broad SMARTS) is 1. The second kappa shape index (κ2) is 27.0. The lowest BCUT2D eigenvalue weighted by molar-refractivity contribution is -0.152. The number of alkyl halides is 1. The largest absolute Gasteiger partial charge is 0.481 e. The maximum atomic E-state index is 15.9. The van der Waals surface area contributed by atoms with Crippen LogP contribution in [0.25, 0.3) is 32.6 Å². The lowest BCUT2D eigenvalue weighted by Gasteiger charge is -2.39. The molecule has 0 radical (unpaired) electrons. The number of nitrogens with one attached hydrogen (secondary N) is 4. The summed E-state index contributed by atoms with van der Waals surface area (Å²) in [6, 6.07) is 18.1. The topological polar surface area (TPSA) is 257 Å². The second-order valence-electron chi connectivity index (χ2n) is 24.5. The van der Waals surface area contributed by atoms with Crippen LogP contribution in [0.1, 0.15) is 92.9 Å². The van der Waals surface area contributed by atoms with Crippen molar-refractivity contribution in [1.82, 2.24) is 39.7 Å². The first-order valence-electron chi connectivity index (χ1n) is 29.7. The van der Waals surface area contributed by atoms with E-state index in [1.54, 1.807) is 29.1 Å². The standard InChI is InChI=1S/C63H73F3N10O10S2/c1-37-59(87-36-70-37)41-7-5-38(6-8-41)30-69-62(83)48-29-45(86-54(80)16-15-53(78)79)28-46(48)58(82)60(63(2,3)4)71-52(77)35-74-25-23-73(24-26-74)33-39-17-20-75(21-18-39)44-11-9-40(10-12-44)42-27-47-49(32-68-61(47)67-31-42)57(81)55-50(65)13-14-51(56(55)66)72-88(84,85)76-22-19-43(64)34-76/h5-14,27,31-32,36,39,43,45-46,48,60,72H,15-26,28-30,33-35H2,1-4H3,(H,67,68)(H,69,83)(H,71,77)(H,78,79)/t43-,45+,46?,48-,60-/m1/s1. The van der Waals surface area contributed by atoms with Crippen LogP contribution in [0.15, 0.2) is 84.6 Å². The minimum Gasteiger partial charge on any atom is -0.481 e. The summed E-state index contributed by atoms with van der Waals surface area (Å²) in [6.07, 6.45) is 2.07. The molecule has 468 valence electrons. The Morgan fingerprint density at radius 3 is 2.19 bits per heavy atom. The summed E-state index contributed by atoms with van der Waals surface area (Å²) in [7, 11) is -4.38. The number of ketones is 2. The van der Waals surface area contributed by atoms with Gasteiger partial charge in [0.25, 0.3) is 0 Å². The van der Waals surface area contributed by atoms with Crippen LogP contribution in [-0.2, 0) is 45.5 Å². The summed E-state index contributed by atoms with van der Waals surface area (Å²) >= 11 is 1.54. The Kier molecular flexibility index (Phi) is 19.5. The number of aromatic amines is 1. The van der Waals surface area contributed by atoms with Gasteiger partial charge in [0.05, 0.1) is 58.7 Å². The van der Waals surface area contributed by atoms with Crippen LogP contribution in [0.3, 0.4) is 0 Å². The van der Waals surface area contributed by atoms with Crippen molar-refractivity contribution in [2.24, 2.45) is 23.2 Å². The van der Waals surface area contributed by atoms with E-state index in [1.165, 1.54) is 6.20 Å². The van der Waals surface area contributed by atoms with Crippen LogP contribution < -0.4 is 20.3 Å². The van der Waals surface area contributed by atoms with E-state index in [0.29, 0.717) is 35.6 Å². The number of thiazole rings is 1. The molecular weight excluding hydrogens is 1180 g/mol. The van der Waals surface area contributed by atoms with Crippen molar-refractivity contribution in [1.29, 1.82) is 0 Å². The number of aliphatic carboxylic acids is 1. The zero-order valence-corrected chi connectivity index (χ0v) is 51.2. The number of carboxylic acids is 1. The normalized spacial score (nSPS) is 20.2. The molecule has 20 nitrogen and oxygen atoms in total. The molecule has 10 rings (SSSR count). The van der Waals surface area contributed by atoms with Crippen molar-refractivity contribution in [3.8, 4) is 21.6 Å². The van der Waals surface area contributed by atoms with Gasteiger partial charge in [-0.05, 0) is 97.4 Å². The number of hydrogen-bond donors (Lipinski definition) is 5. The smallest absolute Gasteiger partial charge is 0.306 e. The van der Waals surface area contributed by atoms with Crippen molar-refractivity contribution in [2.45, 2.75) is 97.5 Å². The number of nitrogens with zero attached hydrogens (tertiary/aromatic N) is 6. The van der Waals surface area contributed by atoms with E-state index in [4.69, 9.17) is 9.84 Å². The zero-order valence-electron chi connectivity index (χ0n) is 49.5. The number of piperidine rings is 1. The van der Waals surface area contributed by atoms with Gasteiger partial charge in [-0.3, -0.25) is 38.4 Å². The number of anilines is 2. The van der Waals surface area contributed by atoms with Gasteiger partial charge < -0.3 is 35.3 Å². The number of aromatic nitrogens is 3. The highest BCUT2D eigenvalue weighted by atomic mass is 32.2. The first-order chi connectivity index (χ1) is 42.0. The second-order valence-corrected chi connectivity index (χ2v) is 27.0. The number of rotatable bonds is 22. The quantitative estimate of drug-likeness (QED) is 0.0320. The summed E-state index contributed by atoms with van der Waals surface area (Å²) in [5, 5.41) is 15.5. The average Bonchev–Trinajstić information content (AvgIpc) is 2.02.